The van der Waals surface area contributed by atoms with Crippen LogP contribution in [0.4, 0.5) is 0 Å². The van der Waals surface area contributed by atoms with Gasteiger partial charge in [-0.2, -0.15) is 5.26 Å². The minimum Gasteiger partial charge on any atom is -0.461 e. The maximum atomic E-state index is 12.7. The van der Waals surface area contributed by atoms with Gasteiger partial charge in [-0.3, -0.25) is 19.3 Å². The molecule has 0 aromatic heterocycles. The molecule has 9 nitrogen and oxygen atoms in total. The fourth-order valence-electron chi connectivity index (χ4n) is 2.68. The Balaban J connectivity index is 2.14. The normalized spacial score (nSPS) is 24.5. The van der Waals surface area contributed by atoms with E-state index in [0.717, 1.165) is 11.8 Å². The molecule has 2 aliphatic heterocycles. The zero-order valence-corrected chi connectivity index (χ0v) is 15.9. The molecule has 26 heavy (non-hydrogen) atoms. The number of thioether (sulfide) groups is 2. The number of carbonyl (C=O) groups excluding carboxylic acids is 3. The maximum absolute atomic E-state index is 12.7. The lowest BCUT2D eigenvalue weighted by Gasteiger charge is -2.56. The van der Waals surface area contributed by atoms with Gasteiger partial charge in [0, 0.05) is 19.8 Å². The van der Waals surface area contributed by atoms with Crippen LogP contribution in [0, 0.1) is 11.3 Å². The first-order chi connectivity index (χ1) is 12.4. The Kier molecular flexibility index (Phi) is 6.94. The van der Waals surface area contributed by atoms with Gasteiger partial charge in [0.15, 0.2) is 0 Å². The first kappa shape index (κ1) is 20.6. The summed E-state index contributed by atoms with van der Waals surface area (Å²) in [5, 5.41) is 20.3. The fourth-order valence-corrected chi connectivity index (χ4v) is 4.61. The van der Waals surface area contributed by atoms with Gasteiger partial charge in [0.25, 0.3) is 11.6 Å². The van der Waals surface area contributed by atoms with Crippen LogP contribution in [0.15, 0.2) is 11.3 Å². The standard InChI is InChI=1S/C15H19N3O6S2/c1-9(20)24-6-10-7-26-14-15(23-2,13(22)18(14)11(10)5-19)17-12(21)8-25-4-3-16/h14,19H,4-8H2,1-2H3,(H,17,21)/t14-,15+/m1/s1. The molecule has 142 valence electrons. The number of β-lactam (4-membered cyclic amide) rings is 1. The first-order valence-electron chi connectivity index (χ1n) is 7.62. The predicted molar refractivity (Wildman–Crippen MR) is 94.7 cm³/mol. The summed E-state index contributed by atoms with van der Waals surface area (Å²) in [7, 11) is 1.33. The fraction of sp³-hybridized carbons (Fsp3) is 0.600. The van der Waals surface area contributed by atoms with E-state index in [0.29, 0.717) is 17.0 Å². The number of rotatable bonds is 8. The molecule has 0 saturated carbocycles. The number of hydrogen-bond donors (Lipinski definition) is 2. The molecule has 0 radical (unpaired) electrons. The third kappa shape index (κ3) is 3.83. The molecule has 0 aliphatic carbocycles. The molecule has 2 aliphatic rings. The van der Waals surface area contributed by atoms with E-state index in [2.05, 4.69) is 5.32 Å². The zero-order chi connectivity index (χ0) is 19.3. The average molecular weight is 401 g/mol. The third-order valence-electron chi connectivity index (χ3n) is 3.88. The van der Waals surface area contributed by atoms with Gasteiger partial charge in [0.2, 0.25) is 5.91 Å². The van der Waals surface area contributed by atoms with Crippen molar-refractivity contribution in [1.82, 2.24) is 10.2 Å². The van der Waals surface area contributed by atoms with Gasteiger partial charge in [-0.25, -0.2) is 0 Å². The summed E-state index contributed by atoms with van der Waals surface area (Å²) >= 11 is 2.48. The number of carbonyl (C=O) groups is 3. The zero-order valence-electron chi connectivity index (χ0n) is 14.3. The van der Waals surface area contributed by atoms with E-state index in [4.69, 9.17) is 14.7 Å². The van der Waals surface area contributed by atoms with Gasteiger partial charge in [0.1, 0.15) is 12.0 Å². The van der Waals surface area contributed by atoms with Crippen LogP contribution in [0.3, 0.4) is 0 Å². The molecule has 0 bridgehead atoms. The SMILES string of the molecule is CO[C@@]1(NC(=O)CSCC#N)C(=O)N2C(CO)=C(COC(C)=O)CS[C@@H]21. The molecule has 1 saturated heterocycles. The summed E-state index contributed by atoms with van der Waals surface area (Å²) in [6, 6.07) is 1.92. The van der Waals surface area contributed by atoms with E-state index in [1.165, 1.54) is 30.7 Å². The molecule has 0 aromatic rings. The second-order valence-corrected chi connectivity index (χ2v) is 7.52. The molecular formula is C15H19N3O6S2. The van der Waals surface area contributed by atoms with Gasteiger partial charge < -0.3 is 19.9 Å². The quantitative estimate of drug-likeness (QED) is 0.238. The number of amides is 2. The van der Waals surface area contributed by atoms with Crippen LogP contribution in [0.1, 0.15) is 6.92 Å². The molecule has 2 amide bonds. The lowest BCUT2D eigenvalue weighted by molar-refractivity contribution is -0.191. The summed E-state index contributed by atoms with van der Waals surface area (Å²) < 4.78 is 10.3. The smallest absolute Gasteiger partial charge is 0.302 e. The number of ether oxygens (including phenoxy) is 2. The highest BCUT2D eigenvalue weighted by atomic mass is 32.2. The van der Waals surface area contributed by atoms with Gasteiger partial charge >= 0.3 is 5.97 Å². The van der Waals surface area contributed by atoms with Crippen molar-refractivity contribution in [1.29, 1.82) is 5.26 Å². The maximum Gasteiger partial charge on any atom is 0.302 e. The Morgan fingerprint density at radius 3 is 2.88 bits per heavy atom. The number of esters is 1. The van der Waals surface area contributed by atoms with Crippen LogP contribution in [-0.4, -0.2) is 76.5 Å². The van der Waals surface area contributed by atoms with Crippen molar-refractivity contribution in [3.8, 4) is 6.07 Å². The largest absolute Gasteiger partial charge is 0.461 e. The Hall–Kier alpha value is -1.74. The number of aliphatic hydroxyl groups is 1. The van der Waals surface area contributed by atoms with Crippen LogP contribution < -0.4 is 5.32 Å². The van der Waals surface area contributed by atoms with Crippen molar-refractivity contribution in [3.05, 3.63) is 11.3 Å². The van der Waals surface area contributed by atoms with Crippen molar-refractivity contribution < 1.29 is 29.0 Å². The molecule has 11 heteroatoms. The first-order valence-corrected chi connectivity index (χ1v) is 9.82. The summed E-state index contributed by atoms with van der Waals surface area (Å²) in [5.41, 5.74) is -0.513. The van der Waals surface area contributed by atoms with Crippen LogP contribution in [-0.2, 0) is 23.9 Å². The minimum atomic E-state index is -1.51. The molecule has 2 heterocycles. The van der Waals surface area contributed by atoms with E-state index in [1.54, 1.807) is 0 Å². The van der Waals surface area contributed by atoms with E-state index in [9.17, 15) is 19.5 Å². The second-order valence-electron chi connectivity index (χ2n) is 5.47. The van der Waals surface area contributed by atoms with Crippen LogP contribution in [0.25, 0.3) is 0 Å². The van der Waals surface area contributed by atoms with Crippen LogP contribution in [0.2, 0.25) is 0 Å². The highest BCUT2D eigenvalue weighted by molar-refractivity contribution is 8.00. The molecule has 1 fully saturated rings. The van der Waals surface area contributed by atoms with E-state index >= 15 is 0 Å². The summed E-state index contributed by atoms with van der Waals surface area (Å²) in [4.78, 5) is 37.2. The molecule has 0 aromatic carbocycles. The van der Waals surface area contributed by atoms with Gasteiger partial charge in [-0.05, 0) is 5.57 Å². The van der Waals surface area contributed by atoms with Crippen LogP contribution in [0.5, 0.6) is 0 Å². The van der Waals surface area contributed by atoms with Gasteiger partial charge in [0.05, 0.1) is 29.9 Å². The number of fused-ring (bicyclic) bond motifs is 1. The molecular weight excluding hydrogens is 382 g/mol. The average Bonchev–Trinajstić information content (AvgIpc) is 2.63. The van der Waals surface area contributed by atoms with Crippen molar-refractivity contribution in [2.24, 2.45) is 0 Å². The lowest BCUT2D eigenvalue weighted by atomic mass is 9.98. The Bertz CT molecular complexity index is 677. The number of aliphatic hydroxyl groups excluding tert-OH is 1. The van der Waals surface area contributed by atoms with E-state index < -0.39 is 35.5 Å². The van der Waals surface area contributed by atoms with Crippen molar-refractivity contribution in [3.63, 3.8) is 0 Å². The number of methoxy groups -OCH3 is 1. The van der Waals surface area contributed by atoms with Crippen molar-refractivity contribution in [2.75, 3.05) is 37.6 Å². The van der Waals surface area contributed by atoms with E-state index in [-0.39, 0.29) is 18.1 Å². The van der Waals surface area contributed by atoms with Gasteiger partial charge in [-0.15, -0.1) is 23.5 Å². The third-order valence-corrected chi connectivity index (χ3v) is 6.05. The van der Waals surface area contributed by atoms with Crippen molar-refractivity contribution >= 4 is 41.3 Å². The molecule has 2 rings (SSSR count). The van der Waals surface area contributed by atoms with Crippen LogP contribution >= 0.6 is 23.5 Å². The topological polar surface area (TPSA) is 129 Å². The number of hydrogen-bond acceptors (Lipinski definition) is 9. The Morgan fingerprint density at radius 1 is 1.58 bits per heavy atom. The van der Waals surface area contributed by atoms with E-state index in [1.807, 2.05) is 6.07 Å². The molecule has 0 spiro atoms. The summed E-state index contributed by atoms with van der Waals surface area (Å²) in [6.07, 6.45) is 0. The molecule has 2 atom stereocenters. The highest BCUT2D eigenvalue weighted by Crippen LogP contribution is 2.46. The van der Waals surface area contributed by atoms with Crippen molar-refractivity contribution in [2.45, 2.75) is 18.0 Å². The number of nitriles is 1. The molecule has 2 N–H and O–H groups in total. The second kappa shape index (κ2) is 8.77. The monoisotopic (exact) mass is 401 g/mol. The number of nitrogens with one attached hydrogen (secondary N) is 1. The Morgan fingerprint density at radius 2 is 2.31 bits per heavy atom. The predicted octanol–water partition coefficient (Wildman–Crippen LogP) is -0.573. The highest BCUT2D eigenvalue weighted by Gasteiger charge is 2.65. The van der Waals surface area contributed by atoms with Gasteiger partial charge in [-0.1, -0.05) is 0 Å². The summed E-state index contributed by atoms with van der Waals surface area (Å²) in [5.74, 6) is -0.750. The lowest BCUT2D eigenvalue weighted by Crippen LogP contribution is -2.80. The summed E-state index contributed by atoms with van der Waals surface area (Å²) in [6.45, 7) is 0.875. The Labute approximate surface area is 159 Å². The molecule has 0 unspecified atom stereocenters. The minimum absolute atomic E-state index is 0.00807. The number of nitrogens with zero attached hydrogens (tertiary/aromatic N) is 2.